The molecule has 1 saturated heterocycles. The van der Waals surface area contributed by atoms with E-state index in [2.05, 4.69) is 15.0 Å². The number of hydrogen-bond acceptors (Lipinski definition) is 5. The normalized spacial score (nSPS) is 14.9. The summed E-state index contributed by atoms with van der Waals surface area (Å²) in [4.78, 5) is 14.5. The zero-order chi connectivity index (χ0) is 13.2. The van der Waals surface area contributed by atoms with Crippen LogP contribution in [0.1, 0.15) is 12.8 Å². The van der Waals surface area contributed by atoms with Gasteiger partial charge < -0.3 is 10.6 Å². The third-order valence-corrected chi connectivity index (χ3v) is 3.14. The summed E-state index contributed by atoms with van der Waals surface area (Å²) in [6.07, 6.45) is 2.22. The van der Waals surface area contributed by atoms with Crippen molar-refractivity contribution in [1.82, 2.24) is 15.0 Å². The third-order valence-electron chi connectivity index (χ3n) is 3.14. The quantitative estimate of drug-likeness (QED) is 0.891. The highest BCUT2D eigenvalue weighted by Gasteiger charge is 2.18. The molecule has 0 amide bonds. The number of rotatable bonds is 2. The van der Waals surface area contributed by atoms with Gasteiger partial charge in [-0.3, -0.25) is 0 Å². The average molecular weight is 259 g/mol. The number of benzene rings is 1. The predicted octanol–water partition coefficient (Wildman–Crippen LogP) is 1.86. The van der Waals surface area contributed by atoms with E-state index in [0.29, 0.717) is 11.5 Å². The summed E-state index contributed by atoms with van der Waals surface area (Å²) in [5.41, 5.74) is 6.05. The molecular weight excluding hydrogens is 245 g/mol. The Labute approximate surface area is 110 Å². The summed E-state index contributed by atoms with van der Waals surface area (Å²) in [6.45, 7) is 1.81. The molecule has 2 heterocycles. The minimum absolute atomic E-state index is 0.121. The summed E-state index contributed by atoms with van der Waals surface area (Å²) in [5, 5.41) is 0. The van der Waals surface area contributed by atoms with Crippen molar-refractivity contribution in [3.05, 3.63) is 30.1 Å². The standard InChI is InChI=1S/C13H14FN5/c14-10-6-2-1-5-9(10)11-16-12(15)18-13(17-11)19-7-3-4-8-19/h1-2,5-6H,3-4,7-8H2,(H2,15,16,17,18). The molecule has 6 heteroatoms. The van der Waals surface area contributed by atoms with Crippen LogP contribution in [0.25, 0.3) is 11.4 Å². The molecule has 1 aliphatic rings. The highest BCUT2D eigenvalue weighted by atomic mass is 19.1. The second kappa shape index (κ2) is 4.79. The van der Waals surface area contributed by atoms with Gasteiger partial charge >= 0.3 is 0 Å². The molecule has 1 aromatic heterocycles. The Balaban J connectivity index is 2.04. The minimum Gasteiger partial charge on any atom is -0.368 e. The molecule has 0 spiro atoms. The van der Waals surface area contributed by atoms with E-state index in [0.717, 1.165) is 25.9 Å². The molecule has 0 aliphatic carbocycles. The molecule has 1 fully saturated rings. The van der Waals surface area contributed by atoms with Crippen LogP contribution in [0.2, 0.25) is 0 Å². The molecule has 2 N–H and O–H groups in total. The van der Waals surface area contributed by atoms with Gasteiger partial charge in [-0.15, -0.1) is 0 Å². The number of hydrogen-bond donors (Lipinski definition) is 1. The van der Waals surface area contributed by atoms with E-state index in [4.69, 9.17) is 5.73 Å². The van der Waals surface area contributed by atoms with E-state index < -0.39 is 0 Å². The van der Waals surface area contributed by atoms with Crippen molar-refractivity contribution in [1.29, 1.82) is 0 Å². The van der Waals surface area contributed by atoms with Gasteiger partial charge in [0.1, 0.15) is 5.82 Å². The average Bonchev–Trinajstić information content (AvgIpc) is 2.92. The topological polar surface area (TPSA) is 67.9 Å². The highest BCUT2D eigenvalue weighted by molar-refractivity contribution is 5.58. The molecule has 3 rings (SSSR count). The first-order valence-electron chi connectivity index (χ1n) is 6.25. The van der Waals surface area contributed by atoms with Gasteiger partial charge in [-0.1, -0.05) is 12.1 Å². The minimum atomic E-state index is -0.361. The van der Waals surface area contributed by atoms with Crippen LogP contribution in [0.5, 0.6) is 0 Å². The van der Waals surface area contributed by atoms with Crippen molar-refractivity contribution >= 4 is 11.9 Å². The Kier molecular flexibility index (Phi) is 2.98. The molecule has 0 bridgehead atoms. The van der Waals surface area contributed by atoms with Crippen molar-refractivity contribution in [2.75, 3.05) is 23.7 Å². The molecule has 2 aromatic rings. The van der Waals surface area contributed by atoms with Gasteiger partial charge in [-0.2, -0.15) is 15.0 Å². The van der Waals surface area contributed by atoms with Gasteiger partial charge in [0.05, 0.1) is 5.56 Å². The maximum Gasteiger partial charge on any atom is 0.230 e. The molecular formula is C13H14FN5. The summed E-state index contributed by atoms with van der Waals surface area (Å²) < 4.78 is 13.8. The largest absolute Gasteiger partial charge is 0.368 e. The second-order valence-electron chi connectivity index (χ2n) is 4.49. The van der Waals surface area contributed by atoms with Crippen LogP contribution in [-0.2, 0) is 0 Å². The first kappa shape index (κ1) is 11.8. The van der Waals surface area contributed by atoms with Crippen LogP contribution in [0, 0.1) is 5.82 Å². The molecule has 5 nitrogen and oxygen atoms in total. The van der Waals surface area contributed by atoms with Crippen LogP contribution in [0.3, 0.4) is 0 Å². The summed E-state index contributed by atoms with van der Waals surface area (Å²) in [6, 6.07) is 6.39. The first-order chi connectivity index (χ1) is 9.24. The predicted molar refractivity (Wildman–Crippen MR) is 71.1 cm³/mol. The number of anilines is 2. The highest BCUT2D eigenvalue weighted by Crippen LogP contribution is 2.23. The maximum atomic E-state index is 13.8. The van der Waals surface area contributed by atoms with Crippen molar-refractivity contribution in [3.8, 4) is 11.4 Å². The van der Waals surface area contributed by atoms with E-state index in [1.165, 1.54) is 6.07 Å². The van der Waals surface area contributed by atoms with Crippen molar-refractivity contribution in [3.63, 3.8) is 0 Å². The van der Waals surface area contributed by atoms with E-state index in [1.54, 1.807) is 18.2 Å². The molecule has 0 unspecified atom stereocenters. The zero-order valence-corrected chi connectivity index (χ0v) is 10.4. The Morgan fingerprint density at radius 2 is 1.79 bits per heavy atom. The van der Waals surface area contributed by atoms with E-state index in [1.807, 2.05) is 4.90 Å². The first-order valence-corrected chi connectivity index (χ1v) is 6.25. The lowest BCUT2D eigenvalue weighted by molar-refractivity contribution is 0.630. The molecule has 19 heavy (non-hydrogen) atoms. The van der Waals surface area contributed by atoms with Gasteiger partial charge in [0.25, 0.3) is 0 Å². The second-order valence-corrected chi connectivity index (χ2v) is 4.49. The van der Waals surface area contributed by atoms with Gasteiger partial charge in [0.15, 0.2) is 5.82 Å². The van der Waals surface area contributed by atoms with Gasteiger partial charge in [0, 0.05) is 13.1 Å². The van der Waals surface area contributed by atoms with E-state index in [9.17, 15) is 4.39 Å². The summed E-state index contributed by atoms with van der Waals surface area (Å²) >= 11 is 0. The fraction of sp³-hybridized carbons (Fsp3) is 0.308. The van der Waals surface area contributed by atoms with Crippen LogP contribution in [0.15, 0.2) is 24.3 Å². The monoisotopic (exact) mass is 259 g/mol. The molecule has 0 atom stereocenters. The summed E-state index contributed by atoms with van der Waals surface area (Å²) in [7, 11) is 0. The molecule has 98 valence electrons. The molecule has 1 aliphatic heterocycles. The van der Waals surface area contributed by atoms with Crippen molar-refractivity contribution in [2.24, 2.45) is 0 Å². The van der Waals surface area contributed by atoms with Crippen LogP contribution < -0.4 is 10.6 Å². The maximum absolute atomic E-state index is 13.8. The number of aromatic nitrogens is 3. The lowest BCUT2D eigenvalue weighted by Crippen LogP contribution is -2.21. The fourth-order valence-electron chi connectivity index (χ4n) is 2.20. The SMILES string of the molecule is Nc1nc(-c2ccccc2F)nc(N2CCCC2)n1. The Morgan fingerprint density at radius 1 is 1.05 bits per heavy atom. The smallest absolute Gasteiger partial charge is 0.230 e. The van der Waals surface area contributed by atoms with E-state index in [-0.39, 0.29) is 17.6 Å². The molecule has 0 radical (unpaired) electrons. The zero-order valence-electron chi connectivity index (χ0n) is 10.4. The van der Waals surface area contributed by atoms with Crippen LogP contribution in [-0.4, -0.2) is 28.0 Å². The number of nitrogens with zero attached hydrogens (tertiary/aromatic N) is 4. The van der Waals surface area contributed by atoms with Crippen LogP contribution in [0.4, 0.5) is 16.3 Å². The molecule has 0 saturated carbocycles. The summed E-state index contributed by atoms with van der Waals surface area (Å²) in [5.74, 6) is 0.575. The number of nitrogens with two attached hydrogens (primary N) is 1. The third kappa shape index (κ3) is 2.33. The van der Waals surface area contributed by atoms with Crippen LogP contribution >= 0.6 is 0 Å². The van der Waals surface area contributed by atoms with Gasteiger partial charge in [0.2, 0.25) is 11.9 Å². The van der Waals surface area contributed by atoms with Gasteiger partial charge in [-0.25, -0.2) is 4.39 Å². The fourth-order valence-corrected chi connectivity index (χ4v) is 2.20. The Morgan fingerprint density at radius 3 is 2.53 bits per heavy atom. The lowest BCUT2D eigenvalue weighted by Gasteiger charge is -2.15. The lowest BCUT2D eigenvalue weighted by atomic mass is 10.2. The Hall–Kier alpha value is -2.24. The van der Waals surface area contributed by atoms with E-state index >= 15 is 0 Å². The number of nitrogen functional groups attached to an aromatic ring is 1. The van der Waals surface area contributed by atoms with Gasteiger partial charge in [-0.05, 0) is 25.0 Å². The number of halogens is 1. The van der Waals surface area contributed by atoms with Crippen molar-refractivity contribution < 1.29 is 4.39 Å². The Bertz CT molecular complexity index is 595. The molecule has 1 aromatic carbocycles. The van der Waals surface area contributed by atoms with Crippen molar-refractivity contribution in [2.45, 2.75) is 12.8 Å².